The Labute approximate surface area is 173 Å². The van der Waals surface area contributed by atoms with Gasteiger partial charge in [0.05, 0.1) is 12.0 Å². The highest BCUT2D eigenvalue weighted by molar-refractivity contribution is 9.10. The lowest BCUT2D eigenvalue weighted by Crippen LogP contribution is -2.42. The van der Waals surface area contributed by atoms with Crippen LogP contribution in [0.15, 0.2) is 46.9 Å². The van der Waals surface area contributed by atoms with Crippen LogP contribution in [0.1, 0.15) is 30.0 Å². The largest absolute Gasteiger partial charge is 0.491 e. The average Bonchev–Trinajstić information content (AvgIpc) is 2.84. The maximum atomic E-state index is 13.0. The molecule has 1 N–H and O–H groups in total. The molecule has 2 amide bonds. The number of carbonyl (C=O) groups is 2. The quantitative estimate of drug-likeness (QED) is 0.690. The van der Waals surface area contributed by atoms with Crippen LogP contribution in [0.5, 0.6) is 5.75 Å². The molecule has 3 rings (SSSR count). The van der Waals surface area contributed by atoms with Crippen molar-refractivity contribution in [3.8, 4) is 5.75 Å². The molecule has 1 aliphatic rings. The third kappa shape index (κ3) is 4.28. The summed E-state index contributed by atoms with van der Waals surface area (Å²) in [5.74, 6) is 0.0986. The van der Waals surface area contributed by atoms with E-state index in [9.17, 15) is 14.7 Å². The predicted molar refractivity (Wildman–Crippen MR) is 110 cm³/mol. The van der Waals surface area contributed by atoms with E-state index in [0.29, 0.717) is 5.75 Å². The molecule has 0 spiro atoms. The Bertz CT molecular complexity index is 876. The molecule has 0 aromatic heterocycles. The number of nitrogens with zero attached hydrogens (tertiary/aromatic N) is 1. The summed E-state index contributed by atoms with van der Waals surface area (Å²) in [5, 5.41) is 10.3. The van der Waals surface area contributed by atoms with Crippen molar-refractivity contribution in [3.63, 3.8) is 0 Å². The van der Waals surface area contributed by atoms with E-state index in [4.69, 9.17) is 4.74 Å². The standard InChI is InChI=1S/C22H24BrNO4/c1-14-8-15(2)10-19(9-14)28-13-18(25)12-24-20(26)11-22(3,21(24)27)16-4-6-17(23)7-5-16/h4-10,18,25H,11-13H2,1-3H3. The Hall–Kier alpha value is -2.18. The van der Waals surface area contributed by atoms with Crippen LogP contribution in [0.3, 0.4) is 0 Å². The molecule has 6 heteroatoms. The van der Waals surface area contributed by atoms with Crippen LogP contribution in [0.25, 0.3) is 0 Å². The first-order chi connectivity index (χ1) is 13.2. The highest BCUT2D eigenvalue weighted by Gasteiger charge is 2.49. The molecular weight excluding hydrogens is 422 g/mol. The zero-order chi connectivity index (χ0) is 20.5. The molecule has 0 aliphatic carbocycles. The predicted octanol–water partition coefficient (Wildman–Crippen LogP) is 3.52. The van der Waals surface area contributed by atoms with Gasteiger partial charge in [-0.25, -0.2) is 0 Å². The number of amides is 2. The van der Waals surface area contributed by atoms with E-state index in [0.717, 1.165) is 26.1 Å². The Morgan fingerprint density at radius 2 is 1.75 bits per heavy atom. The van der Waals surface area contributed by atoms with Crippen LogP contribution in [0.4, 0.5) is 0 Å². The first kappa shape index (κ1) is 20.6. The van der Waals surface area contributed by atoms with Crippen LogP contribution < -0.4 is 4.74 Å². The Morgan fingerprint density at radius 3 is 2.36 bits per heavy atom. The lowest BCUT2D eigenvalue weighted by molar-refractivity contribution is -0.141. The van der Waals surface area contributed by atoms with Crippen LogP contribution >= 0.6 is 15.9 Å². The molecular formula is C22H24BrNO4. The zero-order valence-electron chi connectivity index (χ0n) is 16.2. The van der Waals surface area contributed by atoms with Gasteiger partial charge in [0.1, 0.15) is 18.5 Å². The summed E-state index contributed by atoms with van der Waals surface area (Å²) < 4.78 is 6.57. The van der Waals surface area contributed by atoms with Gasteiger partial charge in [-0.3, -0.25) is 14.5 Å². The SMILES string of the molecule is Cc1cc(C)cc(OCC(O)CN2C(=O)CC(C)(c3ccc(Br)cc3)C2=O)c1. The van der Waals surface area contributed by atoms with E-state index in [1.54, 1.807) is 6.92 Å². The van der Waals surface area contributed by atoms with E-state index in [1.807, 2.05) is 56.3 Å². The molecule has 0 radical (unpaired) electrons. The van der Waals surface area contributed by atoms with Gasteiger partial charge in [-0.05, 0) is 61.7 Å². The van der Waals surface area contributed by atoms with Gasteiger partial charge in [0, 0.05) is 10.9 Å². The second-order valence-electron chi connectivity index (χ2n) is 7.61. The number of benzene rings is 2. The van der Waals surface area contributed by atoms with E-state index >= 15 is 0 Å². The maximum absolute atomic E-state index is 13.0. The molecule has 1 aliphatic heterocycles. The second kappa shape index (κ2) is 8.05. The second-order valence-corrected chi connectivity index (χ2v) is 8.53. The average molecular weight is 446 g/mol. The first-order valence-corrected chi connectivity index (χ1v) is 9.98. The summed E-state index contributed by atoms with van der Waals surface area (Å²) in [6.07, 6.45) is -0.862. The molecule has 2 atom stereocenters. The molecule has 2 aromatic rings. The lowest BCUT2D eigenvalue weighted by atomic mass is 9.81. The number of carbonyl (C=O) groups excluding carboxylic acids is 2. The zero-order valence-corrected chi connectivity index (χ0v) is 17.8. The summed E-state index contributed by atoms with van der Waals surface area (Å²) in [6, 6.07) is 13.2. The summed E-state index contributed by atoms with van der Waals surface area (Å²) in [5.41, 5.74) is 2.02. The third-order valence-corrected chi connectivity index (χ3v) is 5.56. The molecule has 1 saturated heterocycles. The van der Waals surface area contributed by atoms with Crippen LogP contribution in [-0.2, 0) is 15.0 Å². The van der Waals surface area contributed by atoms with Gasteiger partial charge in [0.25, 0.3) is 0 Å². The fourth-order valence-corrected chi connectivity index (χ4v) is 3.85. The van der Waals surface area contributed by atoms with Crippen LogP contribution in [-0.4, -0.2) is 41.1 Å². The summed E-state index contributed by atoms with van der Waals surface area (Å²) >= 11 is 3.38. The van der Waals surface area contributed by atoms with Crippen molar-refractivity contribution in [2.75, 3.05) is 13.2 Å². The minimum atomic E-state index is -0.957. The summed E-state index contributed by atoms with van der Waals surface area (Å²) in [7, 11) is 0. The molecule has 0 saturated carbocycles. The van der Waals surface area contributed by atoms with Crippen molar-refractivity contribution in [1.29, 1.82) is 0 Å². The van der Waals surface area contributed by atoms with Crippen LogP contribution in [0, 0.1) is 13.8 Å². The molecule has 28 heavy (non-hydrogen) atoms. The maximum Gasteiger partial charge on any atom is 0.240 e. The number of hydrogen-bond donors (Lipinski definition) is 1. The smallest absolute Gasteiger partial charge is 0.240 e. The number of rotatable bonds is 6. The molecule has 2 aromatic carbocycles. The van der Waals surface area contributed by atoms with E-state index in [2.05, 4.69) is 15.9 Å². The van der Waals surface area contributed by atoms with E-state index in [1.165, 1.54) is 0 Å². The van der Waals surface area contributed by atoms with Crippen molar-refractivity contribution < 1.29 is 19.4 Å². The molecule has 1 heterocycles. The van der Waals surface area contributed by atoms with Crippen molar-refractivity contribution in [2.24, 2.45) is 0 Å². The first-order valence-electron chi connectivity index (χ1n) is 9.19. The molecule has 2 unspecified atom stereocenters. The number of aliphatic hydroxyl groups is 1. The van der Waals surface area contributed by atoms with E-state index < -0.39 is 11.5 Å². The minimum absolute atomic E-state index is 0.00888. The van der Waals surface area contributed by atoms with Crippen molar-refractivity contribution in [2.45, 2.75) is 38.7 Å². The van der Waals surface area contributed by atoms with Gasteiger partial charge in [-0.2, -0.15) is 0 Å². The Morgan fingerprint density at radius 1 is 1.14 bits per heavy atom. The van der Waals surface area contributed by atoms with E-state index in [-0.39, 0.29) is 31.4 Å². The fourth-order valence-electron chi connectivity index (χ4n) is 3.58. The number of aliphatic hydroxyl groups excluding tert-OH is 1. The van der Waals surface area contributed by atoms with Gasteiger partial charge in [-0.15, -0.1) is 0 Å². The number of β-amino-alcohol motifs (C(OH)–C–C–N with tert-alkyl or cyclic N) is 1. The lowest BCUT2D eigenvalue weighted by Gasteiger charge is -2.24. The van der Waals surface area contributed by atoms with Gasteiger partial charge in [0.2, 0.25) is 11.8 Å². The van der Waals surface area contributed by atoms with Crippen LogP contribution in [0.2, 0.25) is 0 Å². The van der Waals surface area contributed by atoms with Crippen molar-refractivity contribution in [1.82, 2.24) is 4.90 Å². The van der Waals surface area contributed by atoms with Crippen molar-refractivity contribution in [3.05, 3.63) is 63.6 Å². The third-order valence-electron chi connectivity index (χ3n) is 5.04. The van der Waals surface area contributed by atoms with Gasteiger partial charge in [-0.1, -0.05) is 34.1 Å². The number of halogens is 1. The van der Waals surface area contributed by atoms with Gasteiger partial charge >= 0.3 is 0 Å². The summed E-state index contributed by atoms with van der Waals surface area (Å²) in [4.78, 5) is 26.6. The fraction of sp³-hybridized carbons (Fsp3) is 0.364. The molecule has 1 fully saturated rings. The van der Waals surface area contributed by atoms with Crippen molar-refractivity contribution >= 4 is 27.7 Å². The minimum Gasteiger partial charge on any atom is -0.491 e. The topological polar surface area (TPSA) is 66.8 Å². The Balaban J connectivity index is 1.65. The van der Waals surface area contributed by atoms with Gasteiger partial charge < -0.3 is 9.84 Å². The summed E-state index contributed by atoms with van der Waals surface area (Å²) in [6.45, 7) is 5.65. The number of imide groups is 1. The number of hydrogen-bond acceptors (Lipinski definition) is 4. The monoisotopic (exact) mass is 445 g/mol. The number of likely N-dealkylation sites (tertiary alicyclic amines) is 1. The molecule has 0 bridgehead atoms. The highest BCUT2D eigenvalue weighted by Crippen LogP contribution is 2.36. The molecule has 5 nitrogen and oxygen atoms in total. The highest BCUT2D eigenvalue weighted by atomic mass is 79.9. The number of aryl methyl sites for hydroxylation is 2. The normalized spacial score (nSPS) is 20.5. The number of ether oxygens (including phenoxy) is 1. The molecule has 148 valence electrons. The Kier molecular flexibility index (Phi) is 5.91. The van der Waals surface area contributed by atoms with Gasteiger partial charge in [0.15, 0.2) is 0 Å².